The van der Waals surface area contributed by atoms with E-state index in [-0.39, 0.29) is 11.8 Å². The molecule has 0 spiro atoms. The lowest BCUT2D eigenvalue weighted by Gasteiger charge is -2.22. The van der Waals surface area contributed by atoms with E-state index in [2.05, 4.69) is 29.7 Å². The van der Waals surface area contributed by atoms with Gasteiger partial charge in [-0.2, -0.15) is 0 Å². The second-order valence-corrected chi connectivity index (χ2v) is 9.82. The van der Waals surface area contributed by atoms with Crippen LogP contribution in [-0.2, 0) is 11.3 Å². The number of fused-ring (bicyclic) bond motifs is 2. The van der Waals surface area contributed by atoms with Gasteiger partial charge in [0.1, 0.15) is 19.0 Å². The van der Waals surface area contributed by atoms with Crippen LogP contribution in [0, 0.1) is 0 Å². The highest BCUT2D eigenvalue weighted by Crippen LogP contribution is 2.38. The first kappa shape index (κ1) is 23.7. The fourth-order valence-corrected chi connectivity index (χ4v) is 5.37. The minimum atomic E-state index is 0.0807. The average Bonchev–Trinajstić information content (AvgIpc) is 3.46. The summed E-state index contributed by atoms with van der Waals surface area (Å²) in [6, 6.07) is 14.2. The number of nitrogens with zero attached hydrogens (tertiary/aromatic N) is 3. The lowest BCUT2D eigenvalue weighted by molar-refractivity contribution is -0.117. The van der Waals surface area contributed by atoms with Gasteiger partial charge in [-0.1, -0.05) is 64.0 Å². The molecule has 35 heavy (non-hydrogen) atoms. The second-order valence-electron chi connectivity index (χ2n) is 9.82. The van der Waals surface area contributed by atoms with Gasteiger partial charge >= 0.3 is 0 Å². The zero-order valence-electron chi connectivity index (χ0n) is 20.9. The van der Waals surface area contributed by atoms with Crippen molar-refractivity contribution in [3.05, 3.63) is 48.3 Å². The smallest absolute Gasteiger partial charge is 0.227 e. The summed E-state index contributed by atoms with van der Waals surface area (Å²) in [4.78, 5) is 20.0. The third kappa shape index (κ3) is 5.31. The number of aromatic nitrogens is 2. The van der Waals surface area contributed by atoms with Crippen LogP contribution in [0.2, 0.25) is 0 Å². The summed E-state index contributed by atoms with van der Waals surface area (Å²) in [5.74, 6) is 2.72. The first-order valence-corrected chi connectivity index (χ1v) is 13.4. The normalized spacial score (nSPS) is 17.5. The van der Waals surface area contributed by atoms with E-state index in [0.29, 0.717) is 31.9 Å². The van der Waals surface area contributed by atoms with E-state index >= 15 is 0 Å². The van der Waals surface area contributed by atoms with Gasteiger partial charge in [0, 0.05) is 37.2 Å². The molecular weight excluding hydrogens is 438 g/mol. The molecule has 2 aliphatic rings. The van der Waals surface area contributed by atoms with Gasteiger partial charge in [-0.3, -0.25) is 4.79 Å². The largest absolute Gasteiger partial charge is 0.486 e. The van der Waals surface area contributed by atoms with Gasteiger partial charge in [0.15, 0.2) is 11.5 Å². The summed E-state index contributed by atoms with van der Waals surface area (Å²) in [5, 5.41) is 0. The minimum absolute atomic E-state index is 0.0807. The number of para-hydroxylation sites is 2. The summed E-state index contributed by atoms with van der Waals surface area (Å²) in [5.41, 5.74) is 3.07. The van der Waals surface area contributed by atoms with Crippen molar-refractivity contribution in [3.63, 3.8) is 0 Å². The molecule has 0 radical (unpaired) electrons. The summed E-state index contributed by atoms with van der Waals surface area (Å²) < 4.78 is 13.8. The van der Waals surface area contributed by atoms with Gasteiger partial charge in [0.05, 0.1) is 11.0 Å². The Morgan fingerprint density at radius 3 is 2.49 bits per heavy atom. The van der Waals surface area contributed by atoms with Gasteiger partial charge in [0.2, 0.25) is 5.91 Å². The minimum Gasteiger partial charge on any atom is -0.486 e. The molecule has 2 aliphatic heterocycles. The van der Waals surface area contributed by atoms with E-state index in [1.165, 1.54) is 50.5 Å². The van der Waals surface area contributed by atoms with Crippen LogP contribution in [0.1, 0.15) is 76.5 Å². The molecule has 1 unspecified atom stereocenters. The van der Waals surface area contributed by atoms with Crippen molar-refractivity contribution in [3.8, 4) is 11.5 Å². The van der Waals surface area contributed by atoms with Gasteiger partial charge in [-0.05, 0) is 30.7 Å². The molecule has 1 aromatic heterocycles. The number of rotatable bonds is 11. The molecular formula is C29H37N3O3. The van der Waals surface area contributed by atoms with E-state index in [4.69, 9.17) is 14.5 Å². The molecule has 5 rings (SSSR count). The van der Waals surface area contributed by atoms with Crippen LogP contribution in [0.4, 0.5) is 5.69 Å². The highest BCUT2D eigenvalue weighted by atomic mass is 16.6. The summed E-state index contributed by atoms with van der Waals surface area (Å²) >= 11 is 0. The fourth-order valence-electron chi connectivity index (χ4n) is 5.37. The highest BCUT2D eigenvalue weighted by molar-refractivity contribution is 5.96. The van der Waals surface area contributed by atoms with Crippen LogP contribution in [0.5, 0.6) is 11.5 Å². The van der Waals surface area contributed by atoms with E-state index in [0.717, 1.165) is 35.7 Å². The maximum absolute atomic E-state index is 13.1. The maximum atomic E-state index is 13.1. The average molecular weight is 476 g/mol. The molecule has 0 aliphatic carbocycles. The Morgan fingerprint density at radius 2 is 1.66 bits per heavy atom. The number of anilines is 1. The molecule has 1 amide bonds. The van der Waals surface area contributed by atoms with Crippen molar-refractivity contribution >= 4 is 22.6 Å². The predicted molar refractivity (Wildman–Crippen MR) is 139 cm³/mol. The number of amides is 1. The first-order chi connectivity index (χ1) is 17.2. The van der Waals surface area contributed by atoms with Crippen LogP contribution in [-0.4, -0.2) is 35.2 Å². The Bertz CT molecular complexity index is 1160. The SMILES string of the molecule is CCCCCCCCCCn1c(C2CC(=O)N(c3ccc4c(c3)OCCO4)C2)nc2ccccc21. The van der Waals surface area contributed by atoms with Crippen molar-refractivity contribution in [2.75, 3.05) is 24.7 Å². The van der Waals surface area contributed by atoms with Crippen molar-refractivity contribution < 1.29 is 14.3 Å². The number of carbonyl (C=O) groups is 1. The number of imidazole rings is 1. The monoisotopic (exact) mass is 475 g/mol. The molecule has 1 fully saturated rings. The van der Waals surface area contributed by atoms with E-state index < -0.39 is 0 Å². The van der Waals surface area contributed by atoms with Crippen LogP contribution in [0.25, 0.3) is 11.0 Å². The van der Waals surface area contributed by atoms with Crippen molar-refractivity contribution in [2.24, 2.45) is 0 Å². The molecule has 6 nitrogen and oxygen atoms in total. The summed E-state index contributed by atoms with van der Waals surface area (Å²) in [6.07, 6.45) is 10.9. The number of carbonyl (C=O) groups excluding carboxylic acids is 1. The Hall–Kier alpha value is -3.02. The molecule has 1 saturated heterocycles. The first-order valence-electron chi connectivity index (χ1n) is 13.4. The molecule has 0 saturated carbocycles. The lowest BCUT2D eigenvalue weighted by atomic mass is 10.1. The molecule has 3 aromatic rings. The number of benzene rings is 2. The summed E-state index contributed by atoms with van der Waals surface area (Å²) in [7, 11) is 0. The Morgan fingerprint density at radius 1 is 0.914 bits per heavy atom. The molecule has 3 heterocycles. The number of hydrogen-bond acceptors (Lipinski definition) is 4. The Labute approximate surface area is 208 Å². The van der Waals surface area contributed by atoms with Crippen molar-refractivity contribution in [1.29, 1.82) is 0 Å². The van der Waals surface area contributed by atoms with Crippen LogP contribution in [0.15, 0.2) is 42.5 Å². The Kier molecular flexibility index (Phi) is 7.55. The molecule has 0 N–H and O–H groups in total. The van der Waals surface area contributed by atoms with Crippen LogP contribution >= 0.6 is 0 Å². The fraction of sp³-hybridized carbons (Fsp3) is 0.517. The molecule has 0 bridgehead atoms. The second kappa shape index (κ2) is 11.1. The van der Waals surface area contributed by atoms with Gasteiger partial charge in [-0.15, -0.1) is 0 Å². The van der Waals surface area contributed by atoms with Crippen LogP contribution < -0.4 is 14.4 Å². The number of hydrogen-bond donors (Lipinski definition) is 0. The standard InChI is InChI=1S/C29H37N3O3/c1-2-3-4-5-6-7-8-11-16-31-25-13-10-9-12-24(25)30-29(31)22-19-28(33)32(21-22)23-14-15-26-27(20-23)35-18-17-34-26/h9-10,12-15,20,22H,2-8,11,16-19,21H2,1H3. The lowest BCUT2D eigenvalue weighted by Crippen LogP contribution is -2.25. The van der Waals surface area contributed by atoms with Gasteiger partial charge < -0.3 is 18.9 Å². The molecule has 2 aromatic carbocycles. The van der Waals surface area contributed by atoms with Gasteiger partial charge in [0.25, 0.3) is 0 Å². The Balaban J connectivity index is 1.28. The number of unbranched alkanes of at least 4 members (excludes halogenated alkanes) is 7. The molecule has 1 atom stereocenters. The third-order valence-electron chi connectivity index (χ3n) is 7.25. The van der Waals surface area contributed by atoms with Crippen molar-refractivity contribution in [2.45, 2.75) is 77.2 Å². The predicted octanol–water partition coefficient (Wildman–Crippen LogP) is 6.47. The third-order valence-corrected chi connectivity index (χ3v) is 7.25. The van der Waals surface area contributed by atoms with E-state index in [9.17, 15) is 4.79 Å². The van der Waals surface area contributed by atoms with Crippen LogP contribution in [0.3, 0.4) is 0 Å². The van der Waals surface area contributed by atoms with Gasteiger partial charge in [-0.25, -0.2) is 4.98 Å². The molecule has 186 valence electrons. The maximum Gasteiger partial charge on any atom is 0.227 e. The van der Waals surface area contributed by atoms with Crippen molar-refractivity contribution in [1.82, 2.24) is 9.55 Å². The van der Waals surface area contributed by atoms with E-state index in [1.54, 1.807) is 0 Å². The zero-order chi connectivity index (χ0) is 24.0. The summed E-state index contributed by atoms with van der Waals surface area (Å²) in [6.45, 7) is 4.96. The quantitative estimate of drug-likeness (QED) is 0.298. The highest BCUT2D eigenvalue weighted by Gasteiger charge is 2.35. The topological polar surface area (TPSA) is 56.6 Å². The zero-order valence-corrected chi connectivity index (χ0v) is 20.9. The number of aryl methyl sites for hydroxylation is 1. The number of ether oxygens (including phenoxy) is 2. The molecule has 6 heteroatoms. The van der Waals surface area contributed by atoms with E-state index in [1.807, 2.05) is 29.2 Å².